The largest absolute Gasteiger partial charge is 0.378 e. The molecule has 1 atom stereocenters. The molecule has 2 heterocycles. The van der Waals surface area contributed by atoms with Crippen LogP contribution in [0.25, 0.3) is 0 Å². The third kappa shape index (κ3) is 5.43. The second-order valence-corrected chi connectivity index (χ2v) is 7.59. The number of hydrogen-bond donors (Lipinski definition) is 2. The van der Waals surface area contributed by atoms with Gasteiger partial charge in [0, 0.05) is 44.0 Å². The first-order valence-electron chi connectivity index (χ1n) is 9.26. The van der Waals surface area contributed by atoms with Crippen molar-refractivity contribution in [3.63, 3.8) is 0 Å². The first kappa shape index (κ1) is 19.6. The van der Waals surface area contributed by atoms with Crippen LogP contribution < -0.4 is 15.5 Å². The maximum atomic E-state index is 14.5. The molecule has 1 aliphatic rings. The van der Waals surface area contributed by atoms with E-state index in [2.05, 4.69) is 40.1 Å². The molecule has 0 saturated carbocycles. The molecular formula is C20H27FN4OS. The van der Waals surface area contributed by atoms with E-state index >= 15 is 0 Å². The highest BCUT2D eigenvalue weighted by atomic mass is 32.1. The molecule has 0 spiro atoms. The molecule has 0 amide bonds. The van der Waals surface area contributed by atoms with Crippen LogP contribution in [0.1, 0.15) is 23.3 Å². The van der Waals surface area contributed by atoms with E-state index < -0.39 is 0 Å². The number of morpholine rings is 1. The SMILES string of the molecule is CN=C(NCc1ccc(N2CCOCC2)c(F)c1)NCC(C)c1cccs1. The molecule has 5 nitrogen and oxygen atoms in total. The highest BCUT2D eigenvalue weighted by molar-refractivity contribution is 7.10. The highest BCUT2D eigenvalue weighted by Gasteiger charge is 2.15. The van der Waals surface area contributed by atoms with E-state index in [0.717, 1.165) is 31.2 Å². The van der Waals surface area contributed by atoms with Gasteiger partial charge in [-0.3, -0.25) is 4.99 Å². The predicted octanol–water partition coefficient (Wildman–Crippen LogP) is 3.19. The maximum Gasteiger partial charge on any atom is 0.191 e. The van der Waals surface area contributed by atoms with Crippen LogP contribution in [0.3, 0.4) is 0 Å². The van der Waals surface area contributed by atoms with Crippen LogP contribution in [0.4, 0.5) is 10.1 Å². The van der Waals surface area contributed by atoms with Gasteiger partial charge in [0.05, 0.1) is 18.9 Å². The number of aliphatic imine (C=N–C) groups is 1. The van der Waals surface area contributed by atoms with Crippen molar-refractivity contribution in [2.75, 3.05) is 44.8 Å². The summed E-state index contributed by atoms with van der Waals surface area (Å²) >= 11 is 1.76. The molecule has 146 valence electrons. The smallest absolute Gasteiger partial charge is 0.191 e. The Morgan fingerprint density at radius 3 is 2.78 bits per heavy atom. The maximum absolute atomic E-state index is 14.5. The van der Waals surface area contributed by atoms with Crippen LogP contribution in [-0.2, 0) is 11.3 Å². The van der Waals surface area contributed by atoms with Crippen LogP contribution in [0, 0.1) is 5.82 Å². The van der Waals surface area contributed by atoms with Crippen molar-refractivity contribution in [1.82, 2.24) is 10.6 Å². The third-order valence-corrected chi connectivity index (χ3v) is 5.76. The van der Waals surface area contributed by atoms with Crippen molar-refractivity contribution in [2.24, 2.45) is 4.99 Å². The van der Waals surface area contributed by atoms with Crippen molar-refractivity contribution in [2.45, 2.75) is 19.4 Å². The van der Waals surface area contributed by atoms with Crippen molar-refractivity contribution >= 4 is 23.0 Å². The zero-order chi connectivity index (χ0) is 19.1. The Balaban J connectivity index is 1.51. The quantitative estimate of drug-likeness (QED) is 0.588. The van der Waals surface area contributed by atoms with Gasteiger partial charge in [0.15, 0.2) is 5.96 Å². The van der Waals surface area contributed by atoms with E-state index in [1.807, 2.05) is 17.0 Å². The van der Waals surface area contributed by atoms with Gasteiger partial charge in [0.2, 0.25) is 0 Å². The van der Waals surface area contributed by atoms with Gasteiger partial charge in [-0.1, -0.05) is 19.1 Å². The average molecular weight is 391 g/mol. The van der Waals surface area contributed by atoms with Gasteiger partial charge in [-0.15, -0.1) is 11.3 Å². The summed E-state index contributed by atoms with van der Waals surface area (Å²) in [6.45, 7) is 6.26. The van der Waals surface area contributed by atoms with Gasteiger partial charge in [-0.05, 0) is 29.1 Å². The van der Waals surface area contributed by atoms with Gasteiger partial charge in [-0.2, -0.15) is 0 Å². The summed E-state index contributed by atoms with van der Waals surface area (Å²) in [5.41, 5.74) is 1.54. The minimum atomic E-state index is -0.189. The first-order valence-corrected chi connectivity index (χ1v) is 10.1. The lowest BCUT2D eigenvalue weighted by Crippen LogP contribution is -2.38. The number of benzene rings is 1. The van der Waals surface area contributed by atoms with E-state index in [4.69, 9.17) is 4.74 Å². The minimum Gasteiger partial charge on any atom is -0.378 e. The molecule has 0 radical (unpaired) electrons. The lowest BCUT2D eigenvalue weighted by Gasteiger charge is -2.29. The Kier molecular flexibility index (Phi) is 7.06. The number of guanidine groups is 1. The molecule has 1 fully saturated rings. The summed E-state index contributed by atoms with van der Waals surface area (Å²) < 4.78 is 19.8. The zero-order valence-corrected chi connectivity index (χ0v) is 16.7. The van der Waals surface area contributed by atoms with Gasteiger partial charge >= 0.3 is 0 Å². The summed E-state index contributed by atoms with van der Waals surface area (Å²) in [5, 5.41) is 8.68. The number of ether oxygens (including phenoxy) is 1. The molecule has 1 aromatic carbocycles. The Morgan fingerprint density at radius 2 is 2.11 bits per heavy atom. The lowest BCUT2D eigenvalue weighted by molar-refractivity contribution is 0.122. The molecule has 7 heteroatoms. The monoisotopic (exact) mass is 390 g/mol. The third-order valence-electron chi connectivity index (χ3n) is 4.65. The minimum absolute atomic E-state index is 0.189. The number of hydrogen-bond acceptors (Lipinski definition) is 4. The van der Waals surface area contributed by atoms with E-state index in [1.54, 1.807) is 24.5 Å². The summed E-state index contributed by atoms with van der Waals surface area (Å²) in [5.74, 6) is 0.940. The topological polar surface area (TPSA) is 48.9 Å². The first-order chi connectivity index (χ1) is 13.2. The van der Waals surface area contributed by atoms with Crippen molar-refractivity contribution < 1.29 is 9.13 Å². The van der Waals surface area contributed by atoms with Crippen LogP contribution in [-0.4, -0.2) is 45.9 Å². The standard InChI is InChI=1S/C20H27FN4OS/c1-15(19-4-3-11-27-19)13-23-20(22-2)24-14-16-5-6-18(17(21)12-16)25-7-9-26-10-8-25/h3-6,11-12,15H,7-10,13-14H2,1-2H3,(H2,22,23,24). The Labute approximate surface area is 164 Å². The molecule has 2 aromatic rings. The van der Waals surface area contributed by atoms with Crippen LogP contribution in [0.15, 0.2) is 40.7 Å². The second kappa shape index (κ2) is 9.71. The van der Waals surface area contributed by atoms with E-state index in [-0.39, 0.29) is 5.82 Å². The summed E-state index contributed by atoms with van der Waals surface area (Å²) in [6, 6.07) is 9.62. The van der Waals surface area contributed by atoms with Gasteiger partial charge in [-0.25, -0.2) is 4.39 Å². The normalized spacial score (nSPS) is 16.3. The van der Waals surface area contributed by atoms with Crippen molar-refractivity contribution in [1.29, 1.82) is 0 Å². The van der Waals surface area contributed by atoms with Crippen LogP contribution in [0.5, 0.6) is 0 Å². The van der Waals surface area contributed by atoms with Gasteiger partial charge in [0.25, 0.3) is 0 Å². The lowest BCUT2D eigenvalue weighted by atomic mass is 10.1. The number of rotatable bonds is 6. The predicted molar refractivity (Wildman–Crippen MR) is 110 cm³/mol. The Morgan fingerprint density at radius 1 is 1.30 bits per heavy atom. The number of nitrogens with one attached hydrogen (secondary N) is 2. The fourth-order valence-electron chi connectivity index (χ4n) is 3.05. The van der Waals surface area contributed by atoms with Gasteiger partial charge < -0.3 is 20.3 Å². The molecule has 1 aromatic heterocycles. The van der Waals surface area contributed by atoms with Crippen molar-refractivity contribution in [3.8, 4) is 0 Å². The Bertz CT molecular complexity index is 744. The summed E-state index contributed by atoms with van der Waals surface area (Å²) in [4.78, 5) is 7.63. The van der Waals surface area contributed by atoms with Crippen LogP contribution in [0.2, 0.25) is 0 Å². The number of halogens is 1. The highest BCUT2D eigenvalue weighted by Crippen LogP contribution is 2.22. The van der Waals surface area contributed by atoms with Crippen molar-refractivity contribution in [3.05, 3.63) is 52.0 Å². The molecule has 1 unspecified atom stereocenters. The molecular weight excluding hydrogens is 363 g/mol. The number of thiophene rings is 1. The van der Waals surface area contributed by atoms with E-state index in [1.165, 1.54) is 4.88 Å². The second-order valence-electron chi connectivity index (χ2n) is 6.61. The molecule has 27 heavy (non-hydrogen) atoms. The molecule has 0 aliphatic carbocycles. The van der Waals surface area contributed by atoms with E-state index in [9.17, 15) is 4.39 Å². The average Bonchev–Trinajstić information content (AvgIpc) is 3.23. The fraction of sp³-hybridized carbons (Fsp3) is 0.450. The molecule has 0 bridgehead atoms. The molecule has 2 N–H and O–H groups in total. The van der Waals surface area contributed by atoms with Gasteiger partial charge in [0.1, 0.15) is 5.82 Å². The Hall–Kier alpha value is -2.12. The summed E-state index contributed by atoms with van der Waals surface area (Å²) in [7, 11) is 1.74. The molecule has 3 rings (SSSR count). The molecule has 1 aliphatic heterocycles. The summed E-state index contributed by atoms with van der Waals surface area (Å²) in [6.07, 6.45) is 0. The zero-order valence-electron chi connectivity index (χ0n) is 15.9. The van der Waals surface area contributed by atoms with Crippen LogP contribution >= 0.6 is 11.3 Å². The number of nitrogens with zero attached hydrogens (tertiary/aromatic N) is 2. The number of anilines is 1. The molecule has 1 saturated heterocycles. The fourth-order valence-corrected chi connectivity index (χ4v) is 3.84. The van der Waals surface area contributed by atoms with E-state index in [0.29, 0.717) is 31.4 Å².